The molecule has 148 valence electrons. The minimum Gasteiger partial charge on any atom is -0.489 e. The van der Waals surface area contributed by atoms with E-state index in [9.17, 15) is 14.7 Å². The van der Waals surface area contributed by atoms with Crippen LogP contribution >= 0.6 is 11.8 Å². The highest BCUT2D eigenvalue weighted by molar-refractivity contribution is 7.99. The molecule has 1 atom stereocenters. The van der Waals surface area contributed by atoms with Gasteiger partial charge >= 0.3 is 6.03 Å². The summed E-state index contributed by atoms with van der Waals surface area (Å²) in [4.78, 5) is 24.9. The van der Waals surface area contributed by atoms with Crippen molar-refractivity contribution in [2.24, 2.45) is 0 Å². The molecular weight excluding hydrogens is 392 g/mol. The summed E-state index contributed by atoms with van der Waals surface area (Å²) in [7, 11) is 0. The molecule has 0 aliphatic carbocycles. The summed E-state index contributed by atoms with van der Waals surface area (Å²) in [5, 5.41) is 13.9. The van der Waals surface area contributed by atoms with Crippen LogP contribution in [0.25, 0.3) is 0 Å². The van der Waals surface area contributed by atoms with Crippen molar-refractivity contribution in [3.63, 3.8) is 0 Å². The van der Waals surface area contributed by atoms with Gasteiger partial charge in [-0.15, -0.1) is 0 Å². The minimum atomic E-state index is -0.822. The van der Waals surface area contributed by atoms with Gasteiger partial charge in [0.15, 0.2) is 6.04 Å². The summed E-state index contributed by atoms with van der Waals surface area (Å²) in [5.74, 6) is 0.696. The van der Waals surface area contributed by atoms with Crippen molar-refractivity contribution in [1.29, 1.82) is 0 Å². The largest absolute Gasteiger partial charge is 0.489 e. The third-order valence-corrected chi connectivity index (χ3v) is 5.39. The molecule has 8 heteroatoms. The second kappa shape index (κ2) is 8.42. The Hall–Kier alpha value is -3.23. The number of amides is 3. The van der Waals surface area contributed by atoms with Crippen LogP contribution in [0.4, 0.5) is 4.79 Å². The zero-order chi connectivity index (χ0) is 20.2. The first kappa shape index (κ1) is 19.1. The Morgan fingerprint density at radius 3 is 2.59 bits per heavy atom. The number of rotatable bonds is 7. The fourth-order valence-electron chi connectivity index (χ4n) is 2.92. The Balaban J connectivity index is 1.40. The van der Waals surface area contributed by atoms with E-state index in [4.69, 9.17) is 9.15 Å². The molecule has 3 amide bonds. The molecule has 1 fully saturated rings. The zero-order valence-corrected chi connectivity index (χ0v) is 16.1. The number of carbonyl (C=O) groups excluding carboxylic acids is 2. The number of urea groups is 1. The number of imide groups is 1. The number of carbonyl (C=O) groups is 2. The van der Waals surface area contributed by atoms with Gasteiger partial charge in [0.1, 0.15) is 18.1 Å². The van der Waals surface area contributed by atoms with Crippen LogP contribution in [-0.4, -0.2) is 17.0 Å². The molecule has 1 aliphatic heterocycles. The number of hydrogen-bond donors (Lipinski definition) is 3. The molecule has 0 saturated carbocycles. The highest BCUT2D eigenvalue weighted by atomic mass is 32.2. The molecule has 3 N–H and O–H groups in total. The standard InChI is InChI=1S/C21H18N2O5S/c24-11-13-2-1-3-14(10-13)12-28-15-4-6-16(7-5-15)29-17-8-9-27-19(17)18-20(25)23-21(26)22-18/h1-10,18,24H,11-12H2,(H2,22,23,25,26). The van der Waals surface area contributed by atoms with Gasteiger partial charge in [-0.1, -0.05) is 36.0 Å². The lowest BCUT2D eigenvalue weighted by Crippen LogP contribution is -2.22. The summed E-state index contributed by atoms with van der Waals surface area (Å²) in [6, 6.07) is 15.6. The summed E-state index contributed by atoms with van der Waals surface area (Å²) in [5.41, 5.74) is 1.83. The molecule has 7 nitrogen and oxygen atoms in total. The number of furan rings is 1. The Bertz CT molecular complexity index is 1030. The minimum absolute atomic E-state index is 0.00194. The maximum Gasteiger partial charge on any atom is 0.322 e. The van der Waals surface area contributed by atoms with Crippen molar-refractivity contribution < 1.29 is 23.8 Å². The third-order valence-electron chi connectivity index (χ3n) is 4.32. The topological polar surface area (TPSA) is 101 Å². The number of ether oxygens (including phenoxy) is 1. The average molecular weight is 410 g/mol. The van der Waals surface area contributed by atoms with Crippen LogP contribution in [-0.2, 0) is 18.0 Å². The van der Waals surface area contributed by atoms with Gasteiger partial charge in [0, 0.05) is 4.90 Å². The molecule has 3 aromatic rings. The highest BCUT2D eigenvalue weighted by Gasteiger charge is 2.35. The van der Waals surface area contributed by atoms with E-state index >= 15 is 0 Å². The van der Waals surface area contributed by atoms with Crippen LogP contribution in [0.2, 0.25) is 0 Å². The fourth-order valence-corrected chi connectivity index (χ4v) is 3.84. The van der Waals surface area contributed by atoms with Gasteiger partial charge in [-0.25, -0.2) is 4.79 Å². The first-order valence-corrected chi connectivity index (χ1v) is 9.72. The molecular formula is C21H18N2O5S. The van der Waals surface area contributed by atoms with E-state index in [0.717, 1.165) is 26.7 Å². The van der Waals surface area contributed by atoms with E-state index in [2.05, 4.69) is 10.6 Å². The van der Waals surface area contributed by atoms with Crippen LogP contribution in [0.15, 0.2) is 75.1 Å². The Labute approximate surface area is 171 Å². The van der Waals surface area contributed by atoms with Gasteiger partial charge in [-0.3, -0.25) is 10.1 Å². The Morgan fingerprint density at radius 1 is 1.07 bits per heavy atom. The van der Waals surface area contributed by atoms with Crippen LogP contribution in [0.5, 0.6) is 5.75 Å². The maximum atomic E-state index is 11.9. The molecule has 0 bridgehead atoms. The van der Waals surface area contributed by atoms with Crippen molar-refractivity contribution in [2.75, 3.05) is 0 Å². The lowest BCUT2D eigenvalue weighted by Gasteiger charge is -2.09. The zero-order valence-electron chi connectivity index (χ0n) is 15.3. The van der Waals surface area contributed by atoms with Crippen LogP contribution < -0.4 is 15.4 Å². The van der Waals surface area contributed by atoms with Crippen molar-refractivity contribution >= 4 is 23.7 Å². The molecule has 2 aromatic carbocycles. The van der Waals surface area contributed by atoms with E-state index in [1.165, 1.54) is 18.0 Å². The van der Waals surface area contributed by atoms with E-state index in [-0.39, 0.29) is 6.61 Å². The summed E-state index contributed by atoms with van der Waals surface area (Å²) in [6.45, 7) is 0.407. The predicted octanol–water partition coefficient (Wildman–Crippen LogP) is 3.38. The second-order valence-electron chi connectivity index (χ2n) is 6.39. The summed E-state index contributed by atoms with van der Waals surface area (Å²) in [6.07, 6.45) is 1.49. The van der Waals surface area contributed by atoms with E-state index in [1.807, 2.05) is 48.5 Å². The van der Waals surface area contributed by atoms with Crippen LogP contribution in [0.3, 0.4) is 0 Å². The molecule has 1 unspecified atom stereocenters. The maximum absolute atomic E-state index is 11.9. The van der Waals surface area contributed by atoms with Gasteiger partial charge in [0.2, 0.25) is 0 Å². The lowest BCUT2D eigenvalue weighted by molar-refractivity contribution is -0.120. The summed E-state index contributed by atoms with van der Waals surface area (Å²) >= 11 is 1.43. The van der Waals surface area contributed by atoms with Crippen molar-refractivity contribution in [3.05, 3.63) is 77.7 Å². The number of benzene rings is 2. The average Bonchev–Trinajstić information content (AvgIpc) is 3.32. The van der Waals surface area contributed by atoms with Crippen LogP contribution in [0.1, 0.15) is 22.9 Å². The predicted molar refractivity (Wildman–Crippen MR) is 105 cm³/mol. The Kier molecular flexibility index (Phi) is 5.55. The number of hydrogen-bond acceptors (Lipinski definition) is 6. The van der Waals surface area contributed by atoms with Gasteiger partial charge in [0.05, 0.1) is 17.8 Å². The summed E-state index contributed by atoms with van der Waals surface area (Å²) < 4.78 is 11.2. The first-order valence-electron chi connectivity index (χ1n) is 8.90. The van der Waals surface area contributed by atoms with Crippen LogP contribution in [0, 0.1) is 0 Å². The second-order valence-corrected chi connectivity index (χ2v) is 7.50. The molecule has 1 aliphatic rings. The fraction of sp³-hybridized carbons (Fsp3) is 0.143. The molecule has 1 aromatic heterocycles. The molecule has 4 rings (SSSR count). The van der Waals surface area contributed by atoms with Gasteiger partial charge < -0.3 is 19.6 Å². The SMILES string of the molecule is O=C1NC(=O)C(c2occc2Sc2ccc(OCc3cccc(CO)c3)cc2)N1. The monoisotopic (exact) mass is 410 g/mol. The third kappa shape index (κ3) is 4.44. The van der Waals surface area contributed by atoms with E-state index in [1.54, 1.807) is 6.07 Å². The Morgan fingerprint density at radius 2 is 1.86 bits per heavy atom. The first-order chi connectivity index (χ1) is 14.1. The van der Waals surface area contributed by atoms with Gasteiger partial charge in [-0.2, -0.15) is 0 Å². The normalized spacial score (nSPS) is 15.8. The smallest absolute Gasteiger partial charge is 0.322 e. The van der Waals surface area contributed by atoms with E-state index < -0.39 is 18.0 Å². The number of aliphatic hydroxyl groups excluding tert-OH is 1. The molecule has 0 spiro atoms. The van der Waals surface area contributed by atoms with Crippen molar-refractivity contribution in [2.45, 2.75) is 29.0 Å². The van der Waals surface area contributed by atoms with Crippen molar-refractivity contribution in [3.8, 4) is 5.75 Å². The van der Waals surface area contributed by atoms with E-state index in [0.29, 0.717) is 12.4 Å². The molecule has 29 heavy (non-hydrogen) atoms. The number of aliphatic hydroxyl groups is 1. The van der Waals surface area contributed by atoms with Crippen molar-refractivity contribution in [1.82, 2.24) is 10.6 Å². The molecule has 1 saturated heterocycles. The lowest BCUT2D eigenvalue weighted by atomic mass is 10.1. The van der Waals surface area contributed by atoms with Gasteiger partial charge in [-0.05, 0) is 41.5 Å². The molecule has 0 radical (unpaired) electrons. The molecule has 2 heterocycles. The quantitative estimate of drug-likeness (QED) is 0.516. The highest BCUT2D eigenvalue weighted by Crippen LogP contribution is 2.35. The van der Waals surface area contributed by atoms with Gasteiger partial charge in [0.25, 0.3) is 5.91 Å². The number of nitrogens with one attached hydrogen (secondary N) is 2.